The number of aromatic amines is 1. The number of aldehydes is 1. The van der Waals surface area contributed by atoms with E-state index in [9.17, 15) is 4.79 Å². The Morgan fingerprint density at radius 2 is 2.08 bits per heavy atom. The van der Waals surface area contributed by atoms with Gasteiger partial charge in [-0.3, -0.25) is 4.90 Å². The van der Waals surface area contributed by atoms with Crippen molar-refractivity contribution in [3.05, 3.63) is 66.5 Å². The molecule has 1 fully saturated rings. The lowest BCUT2D eigenvalue weighted by Gasteiger charge is -2.37. The first-order valence-corrected chi connectivity index (χ1v) is 8.71. The molecule has 0 spiro atoms. The van der Waals surface area contributed by atoms with Gasteiger partial charge in [-0.05, 0) is 30.5 Å². The predicted molar refractivity (Wildman–Crippen MR) is 94.8 cm³/mol. The van der Waals surface area contributed by atoms with Crippen LogP contribution >= 0.6 is 0 Å². The summed E-state index contributed by atoms with van der Waals surface area (Å²) in [6.07, 6.45) is 7.65. The van der Waals surface area contributed by atoms with Crippen LogP contribution in [0.25, 0.3) is 11.3 Å². The maximum atomic E-state index is 11.8. The molecule has 5 nitrogen and oxygen atoms in total. The fourth-order valence-electron chi connectivity index (χ4n) is 3.62. The second kappa shape index (κ2) is 7.07. The van der Waals surface area contributed by atoms with E-state index in [2.05, 4.69) is 27.0 Å². The summed E-state index contributed by atoms with van der Waals surface area (Å²) < 4.78 is 5.49. The van der Waals surface area contributed by atoms with Crippen molar-refractivity contribution in [3.8, 4) is 11.3 Å². The zero-order valence-corrected chi connectivity index (χ0v) is 14.0. The summed E-state index contributed by atoms with van der Waals surface area (Å²) in [6, 6.07) is 13.6. The molecule has 0 aliphatic carbocycles. The molecule has 128 valence electrons. The van der Waals surface area contributed by atoms with Gasteiger partial charge in [0.05, 0.1) is 24.2 Å². The summed E-state index contributed by atoms with van der Waals surface area (Å²) in [5.74, 6) is 1.61. The van der Waals surface area contributed by atoms with E-state index in [4.69, 9.17) is 4.42 Å². The lowest BCUT2D eigenvalue weighted by Crippen LogP contribution is -2.37. The fourth-order valence-corrected chi connectivity index (χ4v) is 3.62. The van der Waals surface area contributed by atoms with Crippen LogP contribution in [0.4, 0.5) is 0 Å². The summed E-state index contributed by atoms with van der Waals surface area (Å²) in [7, 11) is 0. The number of hydrogen-bond acceptors (Lipinski definition) is 4. The van der Waals surface area contributed by atoms with E-state index in [0.717, 1.165) is 49.2 Å². The molecular formula is C20H21N3O2. The molecule has 2 aromatic heterocycles. The van der Waals surface area contributed by atoms with Gasteiger partial charge in [-0.25, -0.2) is 4.98 Å². The third-order valence-corrected chi connectivity index (χ3v) is 4.86. The summed E-state index contributed by atoms with van der Waals surface area (Å²) in [5, 5.41) is 0. The van der Waals surface area contributed by atoms with Gasteiger partial charge >= 0.3 is 0 Å². The molecule has 1 aliphatic heterocycles. The quantitative estimate of drug-likeness (QED) is 0.712. The number of carbonyl (C=O) groups is 1. The van der Waals surface area contributed by atoms with Gasteiger partial charge in [-0.1, -0.05) is 36.8 Å². The van der Waals surface area contributed by atoms with E-state index < -0.39 is 0 Å². The van der Waals surface area contributed by atoms with Crippen LogP contribution < -0.4 is 0 Å². The molecule has 2 unspecified atom stereocenters. The Morgan fingerprint density at radius 1 is 1.20 bits per heavy atom. The van der Waals surface area contributed by atoms with E-state index in [1.165, 1.54) is 0 Å². The molecule has 3 aromatic rings. The Hall–Kier alpha value is -2.66. The number of piperidine rings is 1. The first kappa shape index (κ1) is 15.8. The third kappa shape index (κ3) is 3.15. The number of imidazole rings is 1. The lowest BCUT2D eigenvalue weighted by atomic mass is 9.98. The van der Waals surface area contributed by atoms with Gasteiger partial charge in [0.2, 0.25) is 0 Å². The van der Waals surface area contributed by atoms with Gasteiger partial charge in [-0.2, -0.15) is 0 Å². The van der Waals surface area contributed by atoms with Crippen LogP contribution in [0.15, 0.2) is 59.3 Å². The highest BCUT2D eigenvalue weighted by Crippen LogP contribution is 2.36. The Labute approximate surface area is 146 Å². The minimum atomic E-state index is -0.370. The molecule has 3 heterocycles. The molecule has 0 bridgehead atoms. The summed E-state index contributed by atoms with van der Waals surface area (Å²) >= 11 is 0. The molecule has 0 saturated carbocycles. The molecule has 25 heavy (non-hydrogen) atoms. The smallest absolute Gasteiger partial charge is 0.144 e. The van der Waals surface area contributed by atoms with Crippen LogP contribution in [-0.4, -0.2) is 27.7 Å². The fraction of sp³-hybridized carbons (Fsp3) is 0.300. The Kier molecular flexibility index (Phi) is 4.48. The number of carbonyl (C=O) groups excluding carboxylic acids is 1. The van der Waals surface area contributed by atoms with Crippen molar-refractivity contribution in [2.45, 2.75) is 31.3 Å². The van der Waals surface area contributed by atoms with Crippen LogP contribution in [0, 0.1) is 0 Å². The number of likely N-dealkylation sites (tertiary alicyclic amines) is 1. The average molecular weight is 335 g/mol. The van der Waals surface area contributed by atoms with Crippen molar-refractivity contribution in [3.63, 3.8) is 0 Å². The molecule has 4 rings (SSSR count). The lowest BCUT2D eigenvalue weighted by molar-refractivity contribution is -0.115. The topological polar surface area (TPSA) is 62.1 Å². The van der Waals surface area contributed by atoms with Crippen LogP contribution in [0.2, 0.25) is 0 Å². The van der Waals surface area contributed by atoms with Gasteiger partial charge in [0.1, 0.15) is 23.9 Å². The largest absolute Gasteiger partial charge is 0.467 e. The molecule has 1 aliphatic rings. The first-order chi connectivity index (χ1) is 12.4. The van der Waals surface area contributed by atoms with Crippen molar-refractivity contribution >= 4 is 6.29 Å². The molecule has 0 radical (unpaired) electrons. The highest BCUT2D eigenvalue weighted by Gasteiger charge is 2.33. The molecular weight excluding hydrogens is 314 g/mol. The second-order valence-electron chi connectivity index (χ2n) is 6.39. The number of aromatic nitrogens is 2. The monoisotopic (exact) mass is 335 g/mol. The molecule has 5 heteroatoms. The average Bonchev–Trinajstić information content (AvgIpc) is 3.36. The maximum Gasteiger partial charge on any atom is 0.144 e. The highest BCUT2D eigenvalue weighted by molar-refractivity contribution is 5.60. The zero-order valence-electron chi connectivity index (χ0n) is 14.0. The van der Waals surface area contributed by atoms with Crippen molar-refractivity contribution in [1.29, 1.82) is 0 Å². The van der Waals surface area contributed by atoms with Crippen molar-refractivity contribution in [2.75, 3.05) is 6.54 Å². The van der Waals surface area contributed by atoms with Crippen LogP contribution in [0.3, 0.4) is 0 Å². The van der Waals surface area contributed by atoms with Gasteiger partial charge < -0.3 is 14.2 Å². The number of furan rings is 1. The minimum absolute atomic E-state index is 0.0894. The zero-order chi connectivity index (χ0) is 17.1. The standard InChI is InChI=1S/C20H21N3O2/c24-14-18(19-10-6-12-25-19)23-11-5-4-9-17(23)20-21-13-16(22-20)15-7-2-1-3-8-15/h1-3,6-8,10,12-14,17-18H,4-5,9,11H2,(H,21,22). The first-order valence-electron chi connectivity index (χ1n) is 8.71. The second-order valence-corrected chi connectivity index (χ2v) is 6.39. The minimum Gasteiger partial charge on any atom is -0.467 e. The SMILES string of the molecule is O=CC(c1ccco1)N1CCCCC1c1ncc(-c2ccccc2)[nH]1. The van der Waals surface area contributed by atoms with Crippen LogP contribution in [0.1, 0.15) is 42.9 Å². The molecule has 2 atom stereocenters. The van der Waals surface area contributed by atoms with Gasteiger partial charge in [-0.15, -0.1) is 0 Å². The van der Waals surface area contributed by atoms with E-state index in [-0.39, 0.29) is 12.1 Å². The highest BCUT2D eigenvalue weighted by atomic mass is 16.3. The third-order valence-electron chi connectivity index (χ3n) is 4.86. The Morgan fingerprint density at radius 3 is 2.84 bits per heavy atom. The van der Waals surface area contributed by atoms with E-state index >= 15 is 0 Å². The van der Waals surface area contributed by atoms with Gasteiger partial charge in [0.15, 0.2) is 0 Å². The van der Waals surface area contributed by atoms with Crippen LogP contribution in [0.5, 0.6) is 0 Å². The Bertz CT molecular complexity index is 811. The normalized spacial score (nSPS) is 19.6. The maximum absolute atomic E-state index is 11.8. The number of rotatable bonds is 5. The Balaban J connectivity index is 1.63. The van der Waals surface area contributed by atoms with E-state index in [1.54, 1.807) is 6.26 Å². The number of benzene rings is 1. The molecule has 1 saturated heterocycles. The van der Waals surface area contributed by atoms with Crippen molar-refractivity contribution in [1.82, 2.24) is 14.9 Å². The summed E-state index contributed by atoms with van der Waals surface area (Å²) in [6.45, 7) is 0.857. The number of nitrogens with zero attached hydrogens (tertiary/aromatic N) is 2. The number of nitrogens with one attached hydrogen (secondary N) is 1. The van der Waals surface area contributed by atoms with Crippen molar-refractivity contribution in [2.24, 2.45) is 0 Å². The van der Waals surface area contributed by atoms with E-state index in [0.29, 0.717) is 5.76 Å². The predicted octanol–water partition coefficient (Wildman–Crippen LogP) is 4.14. The number of hydrogen-bond donors (Lipinski definition) is 1. The molecule has 1 aromatic carbocycles. The summed E-state index contributed by atoms with van der Waals surface area (Å²) in [5.41, 5.74) is 2.11. The van der Waals surface area contributed by atoms with Crippen LogP contribution in [-0.2, 0) is 4.79 Å². The van der Waals surface area contributed by atoms with Crippen molar-refractivity contribution < 1.29 is 9.21 Å². The van der Waals surface area contributed by atoms with Gasteiger partial charge in [0.25, 0.3) is 0 Å². The van der Waals surface area contributed by atoms with E-state index in [1.807, 2.05) is 36.5 Å². The molecule has 0 amide bonds. The molecule has 1 N–H and O–H groups in total. The van der Waals surface area contributed by atoms with Gasteiger partial charge in [0, 0.05) is 6.54 Å². The summed E-state index contributed by atoms with van der Waals surface area (Å²) in [4.78, 5) is 22.0. The number of H-pyrrole nitrogens is 1.